The molecule has 0 aliphatic carbocycles. The summed E-state index contributed by atoms with van der Waals surface area (Å²) in [7, 11) is -1.21. The summed E-state index contributed by atoms with van der Waals surface area (Å²) >= 11 is 6.28. The van der Waals surface area contributed by atoms with Crippen LogP contribution >= 0.6 is 11.6 Å². The van der Waals surface area contributed by atoms with E-state index in [4.69, 9.17) is 11.6 Å². The highest BCUT2D eigenvalue weighted by atomic mass is 35.5. The first-order valence-electron chi connectivity index (χ1n) is 14.0. The van der Waals surface area contributed by atoms with Gasteiger partial charge in [0, 0.05) is 38.1 Å². The van der Waals surface area contributed by atoms with Gasteiger partial charge >= 0.3 is 10.2 Å². The van der Waals surface area contributed by atoms with Gasteiger partial charge < -0.3 is 10.2 Å². The van der Waals surface area contributed by atoms with Crippen molar-refractivity contribution in [3.8, 4) is 0 Å². The molecule has 2 amide bonds. The maximum Gasteiger partial charge on any atom is 0.304 e. The van der Waals surface area contributed by atoms with Crippen LogP contribution in [-0.2, 0) is 32.8 Å². The van der Waals surface area contributed by atoms with Crippen molar-refractivity contribution >= 4 is 39.3 Å². The van der Waals surface area contributed by atoms with Crippen molar-refractivity contribution in [3.05, 3.63) is 100 Å². The van der Waals surface area contributed by atoms with Gasteiger partial charge in [-0.25, -0.2) is 4.31 Å². The molecule has 0 heterocycles. The molecule has 8 nitrogen and oxygen atoms in total. The molecule has 3 aromatic carbocycles. The van der Waals surface area contributed by atoms with Crippen LogP contribution in [0.25, 0.3) is 0 Å². The van der Waals surface area contributed by atoms with Gasteiger partial charge in [-0.05, 0) is 67.6 Å². The molecule has 0 radical (unpaired) electrons. The number of carbonyl (C=O) groups excluding carboxylic acids is 2. The average molecular weight is 613 g/mol. The minimum Gasteiger partial charge on any atom is -0.352 e. The van der Waals surface area contributed by atoms with Crippen molar-refractivity contribution in [2.75, 3.05) is 24.9 Å². The van der Waals surface area contributed by atoms with Gasteiger partial charge in [-0.3, -0.25) is 9.59 Å². The van der Waals surface area contributed by atoms with E-state index in [2.05, 4.69) is 5.32 Å². The predicted octanol–water partition coefficient (Wildman–Crippen LogP) is 5.12. The monoisotopic (exact) mass is 612 g/mol. The fraction of sp³-hybridized carbons (Fsp3) is 0.375. The summed E-state index contributed by atoms with van der Waals surface area (Å²) in [4.78, 5) is 29.6. The second-order valence-corrected chi connectivity index (χ2v) is 13.3. The molecule has 3 rings (SSSR count). The van der Waals surface area contributed by atoms with Crippen molar-refractivity contribution in [1.82, 2.24) is 14.5 Å². The van der Waals surface area contributed by atoms with Crippen LogP contribution < -0.4 is 9.62 Å². The van der Waals surface area contributed by atoms with Gasteiger partial charge in [0.2, 0.25) is 11.8 Å². The number of aryl methyl sites for hydroxylation is 2. The van der Waals surface area contributed by atoms with Crippen molar-refractivity contribution in [3.63, 3.8) is 0 Å². The first-order chi connectivity index (χ1) is 19.8. The van der Waals surface area contributed by atoms with E-state index in [0.29, 0.717) is 22.7 Å². The van der Waals surface area contributed by atoms with Gasteiger partial charge in [0.15, 0.2) is 0 Å². The molecule has 0 fully saturated rings. The summed E-state index contributed by atoms with van der Waals surface area (Å²) in [5.41, 5.74) is 3.56. The zero-order chi connectivity index (χ0) is 31.0. The highest BCUT2D eigenvalue weighted by molar-refractivity contribution is 7.90. The maximum absolute atomic E-state index is 14.4. The van der Waals surface area contributed by atoms with Crippen LogP contribution in [0.5, 0.6) is 0 Å². The van der Waals surface area contributed by atoms with Crippen LogP contribution in [0.2, 0.25) is 5.02 Å². The molecule has 2 atom stereocenters. The van der Waals surface area contributed by atoms with Gasteiger partial charge in [0.1, 0.15) is 12.6 Å². The smallest absolute Gasteiger partial charge is 0.304 e. The molecule has 3 aromatic rings. The molecule has 0 bridgehead atoms. The minimum atomic E-state index is -4.07. The lowest BCUT2D eigenvalue weighted by molar-refractivity contribution is -0.140. The molecule has 0 saturated carbocycles. The number of hydrogen-bond donors (Lipinski definition) is 1. The number of benzene rings is 3. The molecule has 42 heavy (non-hydrogen) atoms. The van der Waals surface area contributed by atoms with Gasteiger partial charge in [0.05, 0.1) is 5.69 Å². The predicted molar refractivity (Wildman–Crippen MR) is 170 cm³/mol. The van der Waals surface area contributed by atoms with E-state index < -0.39 is 28.7 Å². The molecule has 0 aromatic heterocycles. The molecule has 226 valence electrons. The second kappa shape index (κ2) is 14.7. The van der Waals surface area contributed by atoms with Gasteiger partial charge in [-0.1, -0.05) is 73.1 Å². The first kappa shape index (κ1) is 33.1. The number of nitrogens with one attached hydrogen (secondary N) is 1. The Morgan fingerprint density at radius 2 is 1.60 bits per heavy atom. The average Bonchev–Trinajstić information content (AvgIpc) is 2.95. The number of halogens is 1. The molecule has 0 spiro atoms. The highest BCUT2D eigenvalue weighted by Crippen LogP contribution is 2.26. The van der Waals surface area contributed by atoms with Gasteiger partial charge in [0.25, 0.3) is 0 Å². The van der Waals surface area contributed by atoms with Crippen molar-refractivity contribution in [2.24, 2.45) is 0 Å². The molecule has 1 N–H and O–H groups in total. The van der Waals surface area contributed by atoms with Gasteiger partial charge in [-0.2, -0.15) is 12.7 Å². The largest absolute Gasteiger partial charge is 0.352 e. The van der Waals surface area contributed by atoms with E-state index in [-0.39, 0.29) is 24.9 Å². The SMILES string of the molecule is CC[C@@H](C)NC(=O)[C@H](Cc1ccccc1)N(Cc1cccc(Cl)c1)C(=O)CN(c1cc(C)ccc1C)S(=O)(=O)N(C)C. The molecule has 0 saturated heterocycles. The number of rotatable bonds is 13. The van der Waals surface area contributed by atoms with Crippen LogP contribution in [0, 0.1) is 13.8 Å². The summed E-state index contributed by atoms with van der Waals surface area (Å²) in [5.74, 6) is -0.820. The normalized spacial score (nSPS) is 13.0. The Labute approximate surface area is 255 Å². The number of hydrogen-bond acceptors (Lipinski definition) is 4. The van der Waals surface area contributed by atoms with E-state index in [9.17, 15) is 18.0 Å². The lowest BCUT2D eigenvalue weighted by atomic mass is 10.0. The van der Waals surface area contributed by atoms with Crippen molar-refractivity contribution < 1.29 is 18.0 Å². The van der Waals surface area contributed by atoms with Gasteiger partial charge in [-0.15, -0.1) is 0 Å². The molecule has 0 aliphatic rings. The number of amides is 2. The third-order valence-electron chi connectivity index (χ3n) is 7.17. The van der Waals surface area contributed by atoms with Crippen LogP contribution in [0.1, 0.15) is 42.5 Å². The summed E-state index contributed by atoms with van der Waals surface area (Å²) in [6, 6.07) is 21.0. The Bertz CT molecular complexity index is 1480. The maximum atomic E-state index is 14.4. The fourth-order valence-electron chi connectivity index (χ4n) is 4.52. The highest BCUT2D eigenvalue weighted by Gasteiger charge is 2.35. The van der Waals surface area contributed by atoms with Crippen LogP contribution in [-0.4, -0.2) is 62.2 Å². The van der Waals surface area contributed by atoms with Crippen molar-refractivity contribution in [1.29, 1.82) is 0 Å². The Morgan fingerprint density at radius 1 is 0.929 bits per heavy atom. The minimum absolute atomic E-state index is 0.0630. The first-order valence-corrected chi connectivity index (χ1v) is 15.8. The Hall–Kier alpha value is -3.40. The molecule has 0 aliphatic heterocycles. The fourth-order valence-corrected chi connectivity index (χ4v) is 5.84. The zero-order valence-corrected chi connectivity index (χ0v) is 26.7. The summed E-state index contributed by atoms with van der Waals surface area (Å²) in [5, 5.41) is 3.53. The van der Waals surface area contributed by atoms with E-state index in [1.54, 1.807) is 31.2 Å². The van der Waals surface area contributed by atoms with Crippen LogP contribution in [0.4, 0.5) is 5.69 Å². The van der Waals surface area contributed by atoms with E-state index in [0.717, 1.165) is 25.3 Å². The van der Waals surface area contributed by atoms with E-state index in [1.807, 2.05) is 69.3 Å². The van der Waals surface area contributed by atoms with E-state index in [1.165, 1.54) is 19.0 Å². The Kier molecular flexibility index (Phi) is 11.6. The summed E-state index contributed by atoms with van der Waals surface area (Å²) in [6.45, 7) is 7.12. The zero-order valence-electron chi connectivity index (χ0n) is 25.2. The Balaban J connectivity index is 2.13. The molecular weight excluding hydrogens is 572 g/mol. The van der Waals surface area contributed by atoms with Crippen LogP contribution in [0.15, 0.2) is 72.8 Å². The number of carbonyl (C=O) groups is 2. The lowest BCUT2D eigenvalue weighted by Crippen LogP contribution is -2.55. The number of anilines is 1. The molecule has 10 heteroatoms. The van der Waals surface area contributed by atoms with Crippen LogP contribution in [0.3, 0.4) is 0 Å². The molecule has 0 unspecified atom stereocenters. The van der Waals surface area contributed by atoms with E-state index >= 15 is 0 Å². The summed E-state index contributed by atoms with van der Waals surface area (Å²) in [6.07, 6.45) is 0.965. The topological polar surface area (TPSA) is 90.0 Å². The van der Waals surface area contributed by atoms with Crippen molar-refractivity contribution in [2.45, 2.75) is 59.2 Å². The summed E-state index contributed by atoms with van der Waals surface area (Å²) < 4.78 is 29.4. The standard InChI is InChI=1S/C32H41ClN4O4S/c1-7-25(4)34-32(39)30(20-26-12-9-8-10-13-26)36(21-27-14-11-15-28(33)19-27)31(38)22-37(42(40,41)35(5)6)29-18-23(2)16-17-24(29)3/h8-19,25,30H,7,20-22H2,1-6H3,(H,34,39)/t25-,30+/m1/s1. The molecular formula is C32H41ClN4O4S. The lowest BCUT2D eigenvalue weighted by Gasteiger charge is -2.35. The quantitative estimate of drug-likeness (QED) is 0.290. The third-order valence-corrected chi connectivity index (χ3v) is 9.21. The number of nitrogens with zero attached hydrogens (tertiary/aromatic N) is 3. The second-order valence-electron chi connectivity index (χ2n) is 10.8. The third kappa shape index (κ3) is 8.56. The Morgan fingerprint density at radius 3 is 2.21 bits per heavy atom.